The third-order valence-corrected chi connectivity index (χ3v) is 11.7. The van der Waals surface area contributed by atoms with Crippen molar-refractivity contribution in [1.29, 1.82) is 0 Å². The molecule has 0 aromatic carbocycles. The van der Waals surface area contributed by atoms with Crippen LogP contribution in [0.25, 0.3) is 0 Å². The Hall–Kier alpha value is -1.14. The summed E-state index contributed by atoms with van der Waals surface area (Å²) < 4.78 is 5.89. The number of aliphatic hydroxyl groups excluding tert-OH is 2. The van der Waals surface area contributed by atoms with Crippen LogP contribution in [0, 0.1) is 0 Å². The number of amides is 1. The van der Waals surface area contributed by atoms with Crippen molar-refractivity contribution in [2.24, 2.45) is 0 Å². The Kier molecular flexibility index (Phi) is 43.1. The molecule has 0 radical (unpaired) electrons. The second-order valence-electron chi connectivity index (χ2n) is 17.2. The third-order valence-electron chi connectivity index (χ3n) is 11.7. The number of unbranched alkanes of at least 4 members (excludes halogenated alkanes) is 33. The number of hydrogen-bond acceptors (Lipinski definition) is 5. The Morgan fingerprint density at radius 2 is 0.764 bits per heavy atom. The number of nitrogens with one attached hydrogen (secondary N) is 1. The highest BCUT2D eigenvalue weighted by atomic mass is 16.5. The summed E-state index contributed by atoms with van der Waals surface area (Å²) in [5.41, 5.74) is 0. The molecule has 6 nitrogen and oxygen atoms in total. The van der Waals surface area contributed by atoms with Crippen molar-refractivity contribution >= 4 is 11.9 Å². The minimum absolute atomic E-state index is 0.0858. The van der Waals surface area contributed by atoms with Crippen molar-refractivity contribution in [2.45, 2.75) is 296 Å². The van der Waals surface area contributed by atoms with Crippen LogP contribution in [-0.4, -0.2) is 46.9 Å². The van der Waals surface area contributed by atoms with Crippen LogP contribution in [0.4, 0.5) is 0 Å². The Morgan fingerprint density at radius 3 is 1.11 bits per heavy atom. The van der Waals surface area contributed by atoms with E-state index in [0.29, 0.717) is 19.3 Å². The van der Waals surface area contributed by atoms with Gasteiger partial charge in [-0.25, -0.2) is 0 Å². The van der Waals surface area contributed by atoms with Crippen LogP contribution >= 0.6 is 0 Å². The average molecular weight is 780 g/mol. The number of aliphatic hydroxyl groups is 2. The van der Waals surface area contributed by atoms with Gasteiger partial charge in [0.05, 0.1) is 25.2 Å². The van der Waals surface area contributed by atoms with Gasteiger partial charge in [-0.05, 0) is 25.7 Å². The van der Waals surface area contributed by atoms with E-state index in [9.17, 15) is 19.8 Å². The predicted octanol–water partition coefficient (Wildman–Crippen LogP) is 14.4. The van der Waals surface area contributed by atoms with Gasteiger partial charge in [-0.3, -0.25) is 9.59 Å². The molecule has 0 aliphatic heterocycles. The monoisotopic (exact) mass is 780 g/mol. The number of hydrogen-bond donors (Lipinski definition) is 3. The number of carbonyl (C=O) groups is 2. The fourth-order valence-corrected chi connectivity index (χ4v) is 7.90. The second kappa shape index (κ2) is 44.0. The third kappa shape index (κ3) is 39.5. The minimum Gasteiger partial charge on any atom is -0.462 e. The predicted molar refractivity (Wildman–Crippen MR) is 237 cm³/mol. The maximum Gasteiger partial charge on any atom is 0.306 e. The Balaban J connectivity index is 4.33. The summed E-state index contributed by atoms with van der Waals surface area (Å²) in [5.74, 6) is -0.459. The van der Waals surface area contributed by atoms with E-state index < -0.39 is 18.2 Å². The van der Waals surface area contributed by atoms with Gasteiger partial charge in [-0.2, -0.15) is 0 Å². The van der Waals surface area contributed by atoms with Crippen LogP contribution in [-0.2, 0) is 14.3 Å². The van der Waals surface area contributed by atoms with E-state index >= 15 is 0 Å². The topological polar surface area (TPSA) is 95.9 Å². The molecule has 0 rings (SSSR count). The van der Waals surface area contributed by atoms with Gasteiger partial charge in [0.25, 0.3) is 0 Å². The molecule has 0 fully saturated rings. The molecule has 0 aromatic heterocycles. The molecular formula is C49H97NO5. The molecule has 3 N–H and O–H groups in total. The van der Waals surface area contributed by atoms with Crippen LogP contribution in [0.2, 0.25) is 0 Å². The molecule has 0 saturated heterocycles. The average Bonchev–Trinajstić information content (AvgIpc) is 3.18. The summed E-state index contributed by atoms with van der Waals surface area (Å²) >= 11 is 0. The molecular weight excluding hydrogens is 683 g/mol. The molecule has 0 aromatic rings. The number of ether oxygens (including phenoxy) is 1. The van der Waals surface area contributed by atoms with Crippen molar-refractivity contribution < 1.29 is 24.5 Å². The van der Waals surface area contributed by atoms with Crippen molar-refractivity contribution in [3.05, 3.63) is 0 Å². The lowest BCUT2D eigenvalue weighted by atomic mass is 10.0. The van der Waals surface area contributed by atoms with Crippen LogP contribution in [0.15, 0.2) is 0 Å². The fourth-order valence-electron chi connectivity index (χ4n) is 7.90. The first-order chi connectivity index (χ1) is 27.0. The number of esters is 1. The van der Waals surface area contributed by atoms with Gasteiger partial charge < -0.3 is 20.3 Å². The van der Waals surface area contributed by atoms with E-state index in [2.05, 4.69) is 26.1 Å². The zero-order valence-electron chi connectivity index (χ0n) is 37.3. The van der Waals surface area contributed by atoms with Crippen LogP contribution in [0.5, 0.6) is 0 Å². The zero-order valence-corrected chi connectivity index (χ0v) is 37.3. The molecule has 0 bridgehead atoms. The molecule has 55 heavy (non-hydrogen) atoms. The first-order valence-electron chi connectivity index (χ1n) is 24.8. The van der Waals surface area contributed by atoms with Crippen molar-refractivity contribution in [3.63, 3.8) is 0 Å². The second-order valence-corrected chi connectivity index (χ2v) is 17.2. The Morgan fingerprint density at radius 1 is 0.455 bits per heavy atom. The molecule has 0 aliphatic carbocycles. The Bertz CT molecular complexity index is 791. The lowest BCUT2D eigenvalue weighted by molar-refractivity contribution is -0.151. The molecule has 0 heterocycles. The van der Waals surface area contributed by atoms with Crippen LogP contribution < -0.4 is 5.32 Å². The van der Waals surface area contributed by atoms with Gasteiger partial charge in [0.2, 0.25) is 5.91 Å². The van der Waals surface area contributed by atoms with Gasteiger partial charge in [0, 0.05) is 6.42 Å². The quantitative estimate of drug-likeness (QED) is 0.0422. The largest absolute Gasteiger partial charge is 0.462 e. The normalized spacial score (nSPS) is 13.2. The lowest BCUT2D eigenvalue weighted by Gasteiger charge is -2.24. The van der Waals surface area contributed by atoms with Crippen molar-refractivity contribution in [3.8, 4) is 0 Å². The number of rotatable bonds is 45. The highest BCUT2D eigenvalue weighted by Gasteiger charge is 2.24. The standard InChI is InChI=1S/C49H97NO5/c1-4-7-10-13-16-18-20-22-23-24-26-28-30-33-36-39-42-49(54)55-45(40-37-34-31-15-12-9-6-3)43-48(53)50-46(44-51)47(52)41-38-35-32-29-27-25-21-19-17-14-11-8-5-2/h45-47,51-52H,4-44H2,1-3H3,(H,50,53). The first-order valence-corrected chi connectivity index (χ1v) is 24.8. The van der Waals surface area contributed by atoms with E-state index in [-0.39, 0.29) is 24.9 Å². The van der Waals surface area contributed by atoms with E-state index in [1.165, 1.54) is 193 Å². The van der Waals surface area contributed by atoms with Crippen LogP contribution in [0.1, 0.15) is 278 Å². The highest BCUT2D eigenvalue weighted by molar-refractivity contribution is 5.77. The molecule has 0 saturated carbocycles. The molecule has 328 valence electrons. The summed E-state index contributed by atoms with van der Waals surface area (Å²) in [5, 5.41) is 23.6. The molecule has 0 spiro atoms. The SMILES string of the molecule is CCCCCCCCCCCCCCCCCCC(=O)OC(CCCCCCCCC)CC(=O)NC(CO)C(O)CCCCCCCCCCCCCCC. The summed E-state index contributed by atoms with van der Waals surface area (Å²) in [6.45, 7) is 6.47. The zero-order chi connectivity index (χ0) is 40.3. The van der Waals surface area contributed by atoms with Gasteiger partial charge in [0.1, 0.15) is 6.10 Å². The van der Waals surface area contributed by atoms with Crippen molar-refractivity contribution in [2.75, 3.05) is 6.61 Å². The first kappa shape index (κ1) is 53.9. The van der Waals surface area contributed by atoms with Crippen LogP contribution in [0.3, 0.4) is 0 Å². The smallest absolute Gasteiger partial charge is 0.306 e. The van der Waals surface area contributed by atoms with E-state index in [1.807, 2.05) is 0 Å². The highest BCUT2D eigenvalue weighted by Crippen LogP contribution is 2.18. The van der Waals surface area contributed by atoms with Gasteiger partial charge in [0.15, 0.2) is 0 Å². The molecule has 6 heteroatoms. The van der Waals surface area contributed by atoms with E-state index in [1.54, 1.807) is 0 Å². The maximum absolute atomic E-state index is 13.1. The molecule has 0 aliphatic rings. The summed E-state index contributed by atoms with van der Waals surface area (Å²) in [4.78, 5) is 25.9. The van der Waals surface area contributed by atoms with E-state index in [0.717, 1.165) is 38.5 Å². The minimum atomic E-state index is -0.777. The van der Waals surface area contributed by atoms with Gasteiger partial charge >= 0.3 is 5.97 Å². The maximum atomic E-state index is 13.1. The summed E-state index contributed by atoms with van der Waals surface area (Å²) in [6.07, 6.45) is 46.0. The summed E-state index contributed by atoms with van der Waals surface area (Å²) in [7, 11) is 0. The molecule has 3 atom stereocenters. The molecule has 3 unspecified atom stereocenters. The molecule has 1 amide bonds. The van der Waals surface area contributed by atoms with Crippen molar-refractivity contribution in [1.82, 2.24) is 5.32 Å². The van der Waals surface area contributed by atoms with E-state index in [4.69, 9.17) is 4.74 Å². The summed E-state index contributed by atoms with van der Waals surface area (Å²) in [6, 6.07) is -0.690. The Labute approximate surface area is 343 Å². The number of carbonyl (C=O) groups excluding carboxylic acids is 2. The lowest BCUT2D eigenvalue weighted by Crippen LogP contribution is -2.46. The van der Waals surface area contributed by atoms with Gasteiger partial charge in [-0.15, -0.1) is 0 Å². The fraction of sp³-hybridized carbons (Fsp3) is 0.959. The van der Waals surface area contributed by atoms with Gasteiger partial charge in [-0.1, -0.05) is 239 Å².